The van der Waals surface area contributed by atoms with Gasteiger partial charge >= 0.3 is 0 Å². The lowest BCUT2D eigenvalue weighted by Gasteiger charge is -2.17. The molecule has 0 spiro atoms. The van der Waals surface area contributed by atoms with Crippen LogP contribution in [0.5, 0.6) is 0 Å². The van der Waals surface area contributed by atoms with E-state index >= 15 is 0 Å². The summed E-state index contributed by atoms with van der Waals surface area (Å²) >= 11 is 6.00. The van der Waals surface area contributed by atoms with E-state index in [-0.39, 0.29) is 5.91 Å². The van der Waals surface area contributed by atoms with Crippen LogP contribution in [0.25, 0.3) is 0 Å². The van der Waals surface area contributed by atoms with Gasteiger partial charge in [0.25, 0.3) is 5.91 Å². The van der Waals surface area contributed by atoms with Crippen LogP contribution in [0.1, 0.15) is 21.6 Å². The molecule has 2 aromatic heterocycles. The highest BCUT2D eigenvalue weighted by molar-refractivity contribution is 6.30. The maximum Gasteiger partial charge on any atom is 0.272 e. The summed E-state index contributed by atoms with van der Waals surface area (Å²) in [5.41, 5.74) is 4.33. The topological polar surface area (TPSA) is 58.1 Å². The number of rotatable bonds is 6. The summed E-state index contributed by atoms with van der Waals surface area (Å²) in [5.74, 6) is -0.111. The van der Waals surface area contributed by atoms with E-state index in [9.17, 15) is 4.79 Å². The fourth-order valence-corrected chi connectivity index (χ4v) is 2.92. The van der Waals surface area contributed by atoms with Gasteiger partial charge in [0.1, 0.15) is 5.69 Å². The number of anilines is 2. The first-order chi connectivity index (χ1) is 13.0. The molecule has 138 valence electrons. The third-order valence-corrected chi connectivity index (χ3v) is 4.51. The Morgan fingerprint density at radius 1 is 1.11 bits per heavy atom. The van der Waals surface area contributed by atoms with Crippen molar-refractivity contribution < 1.29 is 4.79 Å². The van der Waals surface area contributed by atoms with Crippen LogP contribution >= 0.6 is 11.6 Å². The van der Waals surface area contributed by atoms with E-state index < -0.39 is 0 Å². The van der Waals surface area contributed by atoms with Gasteiger partial charge in [0.15, 0.2) is 0 Å². The number of pyridine rings is 2. The van der Waals surface area contributed by atoms with E-state index in [1.165, 1.54) is 0 Å². The predicted molar refractivity (Wildman–Crippen MR) is 109 cm³/mol. The minimum atomic E-state index is -0.111. The van der Waals surface area contributed by atoms with Crippen LogP contribution in [0.15, 0.2) is 61.1 Å². The number of nitrogens with zero attached hydrogens (tertiary/aromatic N) is 3. The molecule has 6 heteroatoms. The third-order valence-electron chi connectivity index (χ3n) is 4.28. The Balaban J connectivity index is 1.67. The van der Waals surface area contributed by atoms with Crippen molar-refractivity contribution in [3.05, 3.63) is 82.9 Å². The van der Waals surface area contributed by atoms with Gasteiger partial charge in [0, 0.05) is 48.6 Å². The minimum Gasteiger partial charge on any atom is -0.355 e. The molecule has 0 saturated heterocycles. The van der Waals surface area contributed by atoms with E-state index in [4.69, 9.17) is 11.6 Å². The number of amides is 1. The standard InChI is InChI=1S/C21H21ClN4O/c1-15-13-17(22)3-4-19(15)25-18-7-11-24-20(14-18)21(27)26(2)12-8-16-5-9-23-10-6-16/h3-7,9-11,13-14H,8,12H2,1-2H3,(H,24,25). The number of carbonyl (C=O) groups excluding carboxylic acids is 1. The molecule has 27 heavy (non-hydrogen) atoms. The van der Waals surface area contributed by atoms with Gasteiger partial charge in [-0.3, -0.25) is 14.8 Å². The van der Waals surface area contributed by atoms with E-state index in [0.717, 1.165) is 28.9 Å². The van der Waals surface area contributed by atoms with Crippen LogP contribution in [0.4, 0.5) is 11.4 Å². The molecular formula is C21H21ClN4O. The number of halogens is 1. The molecule has 0 aliphatic heterocycles. The number of aryl methyl sites for hydroxylation is 1. The highest BCUT2D eigenvalue weighted by Gasteiger charge is 2.14. The van der Waals surface area contributed by atoms with Crippen molar-refractivity contribution >= 4 is 28.9 Å². The van der Waals surface area contributed by atoms with E-state index in [1.807, 2.05) is 43.3 Å². The molecule has 0 fully saturated rings. The quantitative estimate of drug-likeness (QED) is 0.684. The number of hydrogen-bond acceptors (Lipinski definition) is 4. The lowest BCUT2D eigenvalue weighted by molar-refractivity contribution is 0.0791. The molecule has 0 unspecified atom stereocenters. The molecule has 0 bridgehead atoms. The molecule has 2 heterocycles. The van der Waals surface area contributed by atoms with Crippen molar-refractivity contribution in [1.29, 1.82) is 0 Å². The van der Waals surface area contributed by atoms with Crippen molar-refractivity contribution in [3.63, 3.8) is 0 Å². The largest absolute Gasteiger partial charge is 0.355 e. The molecule has 3 rings (SSSR count). The molecule has 1 N–H and O–H groups in total. The molecule has 0 aliphatic rings. The van der Waals surface area contributed by atoms with Crippen LogP contribution in [0.3, 0.4) is 0 Å². The van der Waals surface area contributed by atoms with Gasteiger partial charge in [-0.25, -0.2) is 0 Å². The van der Waals surface area contributed by atoms with Gasteiger partial charge in [0.05, 0.1) is 0 Å². The van der Waals surface area contributed by atoms with Crippen molar-refractivity contribution in [2.75, 3.05) is 18.9 Å². The summed E-state index contributed by atoms with van der Waals surface area (Å²) in [6, 6.07) is 13.1. The minimum absolute atomic E-state index is 0.111. The first kappa shape index (κ1) is 18.9. The second-order valence-electron chi connectivity index (χ2n) is 6.35. The lowest BCUT2D eigenvalue weighted by Crippen LogP contribution is -2.29. The van der Waals surface area contributed by atoms with Crippen LogP contribution in [0.2, 0.25) is 5.02 Å². The highest BCUT2D eigenvalue weighted by atomic mass is 35.5. The fourth-order valence-electron chi connectivity index (χ4n) is 2.69. The Morgan fingerprint density at radius 3 is 2.63 bits per heavy atom. The van der Waals surface area contributed by atoms with Gasteiger partial charge in [0.2, 0.25) is 0 Å². The highest BCUT2D eigenvalue weighted by Crippen LogP contribution is 2.23. The first-order valence-electron chi connectivity index (χ1n) is 8.66. The number of hydrogen-bond donors (Lipinski definition) is 1. The molecule has 0 atom stereocenters. The van der Waals surface area contributed by atoms with E-state index in [2.05, 4.69) is 15.3 Å². The van der Waals surface area contributed by atoms with Crippen LogP contribution in [0, 0.1) is 6.92 Å². The van der Waals surface area contributed by atoms with Crippen LogP contribution < -0.4 is 5.32 Å². The Labute approximate surface area is 164 Å². The van der Waals surface area contributed by atoms with Gasteiger partial charge in [-0.2, -0.15) is 0 Å². The number of benzene rings is 1. The van der Waals surface area contributed by atoms with Crippen molar-refractivity contribution in [1.82, 2.24) is 14.9 Å². The molecule has 0 radical (unpaired) electrons. The van der Waals surface area contributed by atoms with Crippen LogP contribution in [-0.4, -0.2) is 34.4 Å². The maximum absolute atomic E-state index is 12.7. The monoisotopic (exact) mass is 380 g/mol. The Kier molecular flexibility index (Phi) is 6.04. The zero-order valence-electron chi connectivity index (χ0n) is 15.3. The van der Waals surface area contributed by atoms with Crippen molar-refractivity contribution in [3.8, 4) is 0 Å². The maximum atomic E-state index is 12.7. The first-order valence-corrected chi connectivity index (χ1v) is 9.04. The average Bonchev–Trinajstić information content (AvgIpc) is 2.69. The SMILES string of the molecule is Cc1cc(Cl)ccc1Nc1ccnc(C(=O)N(C)CCc2ccncc2)c1. The summed E-state index contributed by atoms with van der Waals surface area (Å²) in [7, 11) is 1.79. The van der Waals surface area contributed by atoms with Gasteiger partial charge < -0.3 is 10.2 Å². The van der Waals surface area contributed by atoms with Gasteiger partial charge in [-0.05, 0) is 66.9 Å². The molecule has 0 aliphatic carbocycles. The second-order valence-corrected chi connectivity index (χ2v) is 6.78. The summed E-state index contributed by atoms with van der Waals surface area (Å²) < 4.78 is 0. The summed E-state index contributed by atoms with van der Waals surface area (Å²) in [6.45, 7) is 2.59. The molecule has 3 aromatic rings. The molecule has 1 aromatic carbocycles. The average molecular weight is 381 g/mol. The van der Waals surface area contributed by atoms with Gasteiger partial charge in [-0.15, -0.1) is 0 Å². The number of carbonyl (C=O) groups is 1. The van der Waals surface area contributed by atoms with E-state index in [1.54, 1.807) is 36.6 Å². The normalized spacial score (nSPS) is 10.5. The summed E-state index contributed by atoms with van der Waals surface area (Å²) in [6.07, 6.45) is 5.92. The Hall–Kier alpha value is -2.92. The van der Waals surface area contributed by atoms with Gasteiger partial charge in [-0.1, -0.05) is 11.6 Å². The van der Waals surface area contributed by atoms with Crippen LogP contribution in [-0.2, 0) is 6.42 Å². The second kappa shape index (κ2) is 8.64. The zero-order chi connectivity index (χ0) is 19.2. The molecule has 1 amide bonds. The summed E-state index contributed by atoms with van der Waals surface area (Å²) in [5, 5.41) is 4.01. The molecule has 0 saturated carbocycles. The lowest BCUT2D eigenvalue weighted by atomic mass is 10.2. The molecular weight excluding hydrogens is 360 g/mol. The van der Waals surface area contributed by atoms with E-state index in [0.29, 0.717) is 17.3 Å². The number of nitrogens with one attached hydrogen (secondary N) is 1. The fraction of sp³-hybridized carbons (Fsp3) is 0.190. The molecule has 5 nitrogen and oxygen atoms in total. The summed E-state index contributed by atoms with van der Waals surface area (Å²) in [4.78, 5) is 22.6. The third kappa shape index (κ3) is 5.05. The Morgan fingerprint density at radius 2 is 1.89 bits per heavy atom. The zero-order valence-corrected chi connectivity index (χ0v) is 16.1. The predicted octanol–water partition coefficient (Wildman–Crippen LogP) is 4.50. The van der Waals surface area contributed by atoms with Crippen molar-refractivity contribution in [2.45, 2.75) is 13.3 Å². The number of likely N-dealkylation sites (N-methyl/N-ethyl adjacent to an activating group) is 1. The van der Waals surface area contributed by atoms with Crippen molar-refractivity contribution in [2.24, 2.45) is 0 Å². The number of aromatic nitrogens is 2. The Bertz CT molecular complexity index is 930. The smallest absolute Gasteiger partial charge is 0.272 e.